The normalized spacial score (nSPS) is 12.3. The lowest BCUT2D eigenvalue weighted by atomic mass is 10.0. The van der Waals surface area contributed by atoms with Crippen LogP contribution in [0, 0.1) is 5.82 Å². The zero-order valence-electron chi connectivity index (χ0n) is 14.5. The predicted octanol–water partition coefficient (Wildman–Crippen LogP) is 2.77. The van der Waals surface area contributed by atoms with Crippen molar-refractivity contribution in [1.82, 2.24) is 10.3 Å². The maximum Gasteiger partial charge on any atom is 0.267 e. The number of aromatic amines is 1. The van der Waals surface area contributed by atoms with Crippen LogP contribution < -0.4 is 16.8 Å². The summed E-state index contributed by atoms with van der Waals surface area (Å²) < 4.78 is 13.2. The molecule has 1 amide bonds. The Bertz CT molecular complexity index is 888. The molecule has 6 heteroatoms. The van der Waals surface area contributed by atoms with Gasteiger partial charge in [-0.2, -0.15) is 0 Å². The number of hydrogen-bond acceptors (Lipinski definition) is 3. The van der Waals surface area contributed by atoms with Crippen LogP contribution in [0.1, 0.15) is 23.3 Å². The molecule has 3 aromatic rings. The third kappa shape index (κ3) is 4.09. The predicted molar refractivity (Wildman–Crippen MR) is 102 cm³/mol. The summed E-state index contributed by atoms with van der Waals surface area (Å²) in [4.78, 5) is 15.6. The lowest BCUT2D eigenvalue weighted by Crippen LogP contribution is -2.37. The number of carbonyl (C=O) groups excluding carboxylic acids is 1. The topological polar surface area (TPSA) is 96.9 Å². The molecule has 26 heavy (non-hydrogen) atoms. The van der Waals surface area contributed by atoms with E-state index >= 15 is 0 Å². The van der Waals surface area contributed by atoms with Gasteiger partial charge in [0.2, 0.25) is 0 Å². The van der Waals surface area contributed by atoms with Crippen LogP contribution in [0.4, 0.5) is 4.39 Å². The number of aromatic nitrogens is 1. The standard InChI is InChI=1S/C20H23FN4O/c21-15-8-6-13(7-9-15)17-5-1-3-14-11-18(25-19(14)17)20(26)24-12-16(23)4-2-10-22/h1,3,5-9,11,16,25H,2,4,10,12,22-23H2,(H,24,26)/t16-/m0/s1. The fourth-order valence-electron chi connectivity index (χ4n) is 2.95. The van der Waals surface area contributed by atoms with E-state index in [0.717, 1.165) is 34.9 Å². The maximum absolute atomic E-state index is 13.2. The van der Waals surface area contributed by atoms with Gasteiger partial charge in [0.05, 0.1) is 5.52 Å². The molecule has 0 fully saturated rings. The molecule has 1 aromatic heterocycles. The highest BCUT2D eigenvalue weighted by Crippen LogP contribution is 2.28. The Morgan fingerprint density at radius 1 is 1.19 bits per heavy atom. The summed E-state index contributed by atoms with van der Waals surface area (Å²) in [5.41, 5.74) is 14.5. The fourth-order valence-corrected chi connectivity index (χ4v) is 2.95. The Morgan fingerprint density at radius 2 is 1.96 bits per heavy atom. The molecule has 1 atom stereocenters. The van der Waals surface area contributed by atoms with Gasteiger partial charge in [-0.25, -0.2) is 4.39 Å². The summed E-state index contributed by atoms with van der Waals surface area (Å²) in [5, 5.41) is 3.77. The molecule has 1 heterocycles. The minimum Gasteiger partial charge on any atom is -0.350 e. The molecule has 0 saturated heterocycles. The number of nitrogens with two attached hydrogens (primary N) is 2. The van der Waals surface area contributed by atoms with Crippen LogP contribution in [0.5, 0.6) is 0 Å². The van der Waals surface area contributed by atoms with E-state index in [0.29, 0.717) is 18.8 Å². The van der Waals surface area contributed by atoms with Gasteiger partial charge in [-0.15, -0.1) is 0 Å². The first-order chi connectivity index (χ1) is 12.6. The second-order valence-corrected chi connectivity index (χ2v) is 6.36. The second kappa shape index (κ2) is 8.12. The van der Waals surface area contributed by atoms with Gasteiger partial charge in [-0.05, 0) is 43.1 Å². The van der Waals surface area contributed by atoms with Crippen LogP contribution in [0.2, 0.25) is 0 Å². The van der Waals surface area contributed by atoms with Crippen molar-refractivity contribution in [2.24, 2.45) is 11.5 Å². The van der Waals surface area contributed by atoms with Gasteiger partial charge in [-0.3, -0.25) is 4.79 Å². The first-order valence-electron chi connectivity index (χ1n) is 8.70. The summed E-state index contributed by atoms with van der Waals surface area (Å²) in [7, 11) is 0. The van der Waals surface area contributed by atoms with Crippen molar-refractivity contribution in [2.75, 3.05) is 13.1 Å². The number of halogens is 1. The Morgan fingerprint density at radius 3 is 2.69 bits per heavy atom. The van der Waals surface area contributed by atoms with Crippen molar-refractivity contribution in [2.45, 2.75) is 18.9 Å². The summed E-state index contributed by atoms with van der Waals surface area (Å²) >= 11 is 0. The zero-order chi connectivity index (χ0) is 18.5. The van der Waals surface area contributed by atoms with Crippen LogP contribution >= 0.6 is 0 Å². The van der Waals surface area contributed by atoms with Crippen molar-refractivity contribution < 1.29 is 9.18 Å². The van der Waals surface area contributed by atoms with Gasteiger partial charge in [0.25, 0.3) is 5.91 Å². The lowest BCUT2D eigenvalue weighted by Gasteiger charge is -2.11. The first-order valence-corrected chi connectivity index (χ1v) is 8.70. The molecule has 0 aliphatic heterocycles. The third-order valence-electron chi connectivity index (χ3n) is 4.36. The van der Waals surface area contributed by atoms with Gasteiger partial charge < -0.3 is 21.8 Å². The lowest BCUT2D eigenvalue weighted by molar-refractivity contribution is 0.0946. The van der Waals surface area contributed by atoms with Gasteiger partial charge in [-0.1, -0.05) is 30.3 Å². The van der Waals surface area contributed by atoms with Gasteiger partial charge >= 0.3 is 0 Å². The number of carbonyl (C=O) groups is 1. The highest BCUT2D eigenvalue weighted by atomic mass is 19.1. The zero-order valence-corrected chi connectivity index (χ0v) is 14.5. The fraction of sp³-hybridized carbons (Fsp3) is 0.250. The summed E-state index contributed by atoms with van der Waals surface area (Å²) in [5.74, 6) is -0.479. The van der Waals surface area contributed by atoms with Crippen LogP contribution in [0.25, 0.3) is 22.0 Å². The SMILES string of the molecule is NCCC[C@H](N)CNC(=O)c1cc2cccc(-c3ccc(F)cc3)c2[nH]1. The molecule has 3 rings (SSSR count). The van der Waals surface area contributed by atoms with Crippen molar-refractivity contribution >= 4 is 16.8 Å². The molecule has 0 aliphatic carbocycles. The molecule has 136 valence electrons. The van der Waals surface area contributed by atoms with Crippen molar-refractivity contribution in [3.8, 4) is 11.1 Å². The Balaban J connectivity index is 1.80. The van der Waals surface area contributed by atoms with Crippen LogP contribution in [-0.4, -0.2) is 30.0 Å². The molecule has 2 aromatic carbocycles. The van der Waals surface area contributed by atoms with Crippen LogP contribution in [0.15, 0.2) is 48.5 Å². The van der Waals surface area contributed by atoms with E-state index in [2.05, 4.69) is 10.3 Å². The quantitative estimate of drug-likeness (QED) is 0.525. The van der Waals surface area contributed by atoms with Crippen molar-refractivity contribution in [3.63, 3.8) is 0 Å². The number of amides is 1. The number of hydrogen-bond donors (Lipinski definition) is 4. The molecule has 0 bridgehead atoms. The van der Waals surface area contributed by atoms with E-state index in [1.165, 1.54) is 12.1 Å². The minimum absolute atomic E-state index is 0.110. The molecule has 5 nitrogen and oxygen atoms in total. The first kappa shape index (κ1) is 18.1. The maximum atomic E-state index is 13.2. The van der Waals surface area contributed by atoms with E-state index < -0.39 is 0 Å². The average Bonchev–Trinajstić information content (AvgIpc) is 3.09. The van der Waals surface area contributed by atoms with E-state index in [1.807, 2.05) is 24.3 Å². The number of H-pyrrole nitrogens is 1. The van der Waals surface area contributed by atoms with Crippen molar-refractivity contribution in [3.05, 3.63) is 60.0 Å². The number of benzene rings is 2. The monoisotopic (exact) mass is 354 g/mol. The molecule has 0 spiro atoms. The van der Waals surface area contributed by atoms with E-state index in [9.17, 15) is 9.18 Å². The summed E-state index contributed by atoms with van der Waals surface area (Å²) in [6.07, 6.45) is 1.61. The van der Waals surface area contributed by atoms with Crippen LogP contribution in [0.3, 0.4) is 0 Å². The van der Waals surface area contributed by atoms with E-state index in [1.54, 1.807) is 12.1 Å². The van der Waals surface area contributed by atoms with Crippen molar-refractivity contribution in [1.29, 1.82) is 0 Å². The third-order valence-corrected chi connectivity index (χ3v) is 4.36. The molecule has 0 radical (unpaired) electrons. The summed E-state index contributed by atoms with van der Waals surface area (Å²) in [6.45, 7) is 0.995. The molecular formula is C20H23FN4O. The van der Waals surface area contributed by atoms with E-state index in [-0.39, 0.29) is 17.8 Å². The smallest absolute Gasteiger partial charge is 0.267 e. The number of rotatable bonds is 7. The number of para-hydroxylation sites is 1. The number of nitrogens with one attached hydrogen (secondary N) is 2. The molecule has 0 unspecified atom stereocenters. The largest absolute Gasteiger partial charge is 0.350 e. The molecule has 0 aliphatic rings. The van der Waals surface area contributed by atoms with Gasteiger partial charge in [0.15, 0.2) is 0 Å². The Labute approximate surface area is 151 Å². The van der Waals surface area contributed by atoms with Crippen LogP contribution in [-0.2, 0) is 0 Å². The van der Waals surface area contributed by atoms with Gasteiger partial charge in [0, 0.05) is 23.5 Å². The second-order valence-electron chi connectivity index (χ2n) is 6.36. The molecule has 6 N–H and O–H groups in total. The van der Waals surface area contributed by atoms with E-state index in [4.69, 9.17) is 11.5 Å². The number of fused-ring (bicyclic) bond motifs is 1. The highest BCUT2D eigenvalue weighted by molar-refractivity contribution is 6.02. The highest BCUT2D eigenvalue weighted by Gasteiger charge is 2.13. The average molecular weight is 354 g/mol. The molecular weight excluding hydrogens is 331 g/mol. The van der Waals surface area contributed by atoms with Gasteiger partial charge in [0.1, 0.15) is 11.5 Å². The summed E-state index contributed by atoms with van der Waals surface area (Å²) in [6, 6.07) is 13.8. The molecule has 0 saturated carbocycles. The Kier molecular flexibility index (Phi) is 5.65. The Hall–Kier alpha value is -2.70. The minimum atomic E-state index is -0.279.